The van der Waals surface area contributed by atoms with E-state index in [1.54, 1.807) is 11.1 Å². The Balaban J connectivity index is 2.25. The summed E-state index contributed by atoms with van der Waals surface area (Å²) in [7, 11) is 0. The van der Waals surface area contributed by atoms with Gasteiger partial charge in [0.2, 0.25) is 0 Å². The highest BCUT2D eigenvalue weighted by Gasteiger charge is 2.33. The van der Waals surface area contributed by atoms with Crippen molar-refractivity contribution in [2.75, 3.05) is 25.0 Å². The van der Waals surface area contributed by atoms with E-state index in [4.69, 9.17) is 5.11 Å². The van der Waals surface area contributed by atoms with Gasteiger partial charge in [-0.2, -0.15) is 0 Å². The van der Waals surface area contributed by atoms with Crippen molar-refractivity contribution in [3.05, 3.63) is 23.5 Å². The number of hydrogen-bond acceptors (Lipinski definition) is 4. The number of hydrogen-bond donors (Lipinski definition) is 2. The predicted octanol–water partition coefficient (Wildman–Crippen LogP) is 1.42. The van der Waals surface area contributed by atoms with E-state index in [0.717, 1.165) is 30.8 Å². The van der Waals surface area contributed by atoms with Crippen LogP contribution in [0.3, 0.4) is 0 Å². The van der Waals surface area contributed by atoms with Crippen LogP contribution in [0.2, 0.25) is 0 Å². The van der Waals surface area contributed by atoms with Crippen LogP contribution in [0.5, 0.6) is 0 Å². The van der Waals surface area contributed by atoms with Gasteiger partial charge in [0.25, 0.3) is 5.91 Å². The molecule has 104 valence electrons. The number of amides is 1. The molecule has 0 bridgehead atoms. The minimum absolute atomic E-state index is 0.00192. The standard InChI is InChI=1S/C14H21N3O2/c1-3-15-13-8-10(2)16-9-12(13)14(19)17(6-7-18)11-4-5-11/h8-9,11,18H,3-7H2,1-2H3,(H,15,16). The molecule has 2 N–H and O–H groups in total. The van der Waals surface area contributed by atoms with Crippen LogP contribution in [0, 0.1) is 6.92 Å². The van der Waals surface area contributed by atoms with Gasteiger partial charge in [-0.3, -0.25) is 9.78 Å². The summed E-state index contributed by atoms with van der Waals surface area (Å²) in [4.78, 5) is 18.5. The number of pyridine rings is 1. The van der Waals surface area contributed by atoms with Crippen molar-refractivity contribution >= 4 is 11.6 Å². The maximum Gasteiger partial charge on any atom is 0.257 e. The fourth-order valence-corrected chi connectivity index (χ4v) is 2.17. The number of carbonyl (C=O) groups excluding carboxylic acids is 1. The Morgan fingerprint density at radius 3 is 2.89 bits per heavy atom. The third kappa shape index (κ3) is 3.23. The molecule has 0 radical (unpaired) electrons. The van der Waals surface area contributed by atoms with Gasteiger partial charge in [-0.1, -0.05) is 0 Å². The maximum atomic E-state index is 12.6. The van der Waals surface area contributed by atoms with Crippen LogP contribution in [0.15, 0.2) is 12.3 Å². The number of carbonyl (C=O) groups is 1. The fraction of sp³-hybridized carbons (Fsp3) is 0.571. The molecular formula is C14H21N3O2. The second-order valence-electron chi connectivity index (χ2n) is 4.85. The van der Waals surface area contributed by atoms with Crippen LogP contribution in [0.1, 0.15) is 35.8 Å². The van der Waals surface area contributed by atoms with Gasteiger partial charge in [-0.15, -0.1) is 0 Å². The third-order valence-electron chi connectivity index (χ3n) is 3.23. The average Bonchev–Trinajstić information content (AvgIpc) is 3.20. The van der Waals surface area contributed by atoms with Gasteiger partial charge < -0.3 is 15.3 Å². The molecule has 1 amide bonds. The molecular weight excluding hydrogens is 242 g/mol. The van der Waals surface area contributed by atoms with Gasteiger partial charge >= 0.3 is 0 Å². The number of anilines is 1. The lowest BCUT2D eigenvalue weighted by atomic mass is 10.1. The summed E-state index contributed by atoms with van der Waals surface area (Å²) in [5.74, 6) is -0.0417. The maximum absolute atomic E-state index is 12.6. The molecule has 5 heteroatoms. The first-order valence-corrected chi connectivity index (χ1v) is 6.79. The Morgan fingerprint density at radius 2 is 2.32 bits per heavy atom. The second kappa shape index (κ2) is 6.02. The molecule has 0 atom stereocenters. The van der Waals surface area contributed by atoms with Crippen LogP contribution >= 0.6 is 0 Å². The summed E-state index contributed by atoms with van der Waals surface area (Å²) in [5.41, 5.74) is 2.30. The lowest BCUT2D eigenvalue weighted by molar-refractivity contribution is 0.0708. The highest BCUT2D eigenvalue weighted by atomic mass is 16.3. The van der Waals surface area contributed by atoms with E-state index in [1.165, 1.54) is 0 Å². The molecule has 1 saturated carbocycles. The van der Waals surface area contributed by atoms with Gasteiger partial charge in [-0.05, 0) is 32.8 Å². The van der Waals surface area contributed by atoms with Crippen LogP contribution in [-0.4, -0.2) is 46.6 Å². The molecule has 0 aliphatic heterocycles. The van der Waals surface area contributed by atoms with E-state index in [0.29, 0.717) is 12.1 Å². The van der Waals surface area contributed by atoms with Crippen molar-refractivity contribution in [2.45, 2.75) is 32.7 Å². The average molecular weight is 263 g/mol. The van der Waals surface area contributed by atoms with Crippen LogP contribution < -0.4 is 5.32 Å². The normalized spacial score (nSPS) is 14.3. The van der Waals surface area contributed by atoms with E-state index >= 15 is 0 Å². The first-order valence-electron chi connectivity index (χ1n) is 6.79. The Kier molecular flexibility index (Phi) is 4.37. The lowest BCUT2D eigenvalue weighted by Gasteiger charge is -2.22. The summed E-state index contributed by atoms with van der Waals surface area (Å²) >= 11 is 0. The molecule has 1 aliphatic carbocycles. The van der Waals surface area contributed by atoms with Crippen molar-refractivity contribution in [3.8, 4) is 0 Å². The first-order chi connectivity index (χ1) is 9.17. The zero-order valence-electron chi connectivity index (χ0n) is 11.5. The number of aliphatic hydroxyl groups is 1. The van der Waals surface area contributed by atoms with Crippen LogP contribution in [0.25, 0.3) is 0 Å². The van der Waals surface area contributed by atoms with Crippen molar-refractivity contribution in [2.24, 2.45) is 0 Å². The number of aromatic nitrogens is 1. The van der Waals surface area contributed by atoms with Gasteiger partial charge in [0.15, 0.2) is 0 Å². The van der Waals surface area contributed by atoms with E-state index in [-0.39, 0.29) is 18.6 Å². The number of nitrogens with zero attached hydrogens (tertiary/aromatic N) is 2. The SMILES string of the molecule is CCNc1cc(C)ncc1C(=O)N(CCO)C1CC1. The molecule has 0 spiro atoms. The molecule has 0 aromatic carbocycles. The van der Waals surface area contributed by atoms with Crippen molar-refractivity contribution < 1.29 is 9.90 Å². The van der Waals surface area contributed by atoms with Gasteiger partial charge in [0.1, 0.15) is 0 Å². The Labute approximate surface area is 113 Å². The molecule has 5 nitrogen and oxygen atoms in total. The molecule has 1 fully saturated rings. The number of aryl methyl sites for hydroxylation is 1. The number of rotatable bonds is 6. The Bertz CT molecular complexity index is 458. The van der Waals surface area contributed by atoms with Crippen molar-refractivity contribution in [1.29, 1.82) is 0 Å². The van der Waals surface area contributed by atoms with Crippen LogP contribution in [0.4, 0.5) is 5.69 Å². The lowest BCUT2D eigenvalue weighted by Crippen LogP contribution is -2.36. The highest BCUT2D eigenvalue weighted by Crippen LogP contribution is 2.29. The largest absolute Gasteiger partial charge is 0.395 e. The third-order valence-corrected chi connectivity index (χ3v) is 3.23. The zero-order valence-corrected chi connectivity index (χ0v) is 11.5. The number of nitrogens with one attached hydrogen (secondary N) is 1. The van der Waals surface area contributed by atoms with Gasteiger partial charge in [0, 0.05) is 31.0 Å². The summed E-state index contributed by atoms with van der Waals surface area (Å²) in [6.45, 7) is 5.05. The van der Waals surface area contributed by atoms with E-state index in [1.807, 2.05) is 19.9 Å². The first kappa shape index (κ1) is 13.8. The minimum atomic E-state index is -0.0417. The smallest absolute Gasteiger partial charge is 0.257 e. The predicted molar refractivity (Wildman–Crippen MR) is 74.3 cm³/mol. The topological polar surface area (TPSA) is 65.5 Å². The summed E-state index contributed by atoms with van der Waals surface area (Å²) in [6, 6.07) is 2.18. The summed E-state index contributed by atoms with van der Waals surface area (Å²) in [5, 5.41) is 12.3. The quantitative estimate of drug-likeness (QED) is 0.814. The molecule has 0 unspecified atom stereocenters. The molecule has 2 rings (SSSR count). The summed E-state index contributed by atoms with van der Waals surface area (Å²) in [6.07, 6.45) is 3.69. The second-order valence-corrected chi connectivity index (χ2v) is 4.85. The van der Waals surface area contributed by atoms with E-state index in [9.17, 15) is 4.79 Å². The molecule has 0 saturated heterocycles. The Morgan fingerprint density at radius 1 is 1.58 bits per heavy atom. The fourth-order valence-electron chi connectivity index (χ4n) is 2.17. The molecule has 1 aliphatic rings. The minimum Gasteiger partial charge on any atom is -0.395 e. The van der Waals surface area contributed by atoms with Crippen molar-refractivity contribution in [3.63, 3.8) is 0 Å². The van der Waals surface area contributed by atoms with Crippen molar-refractivity contribution in [1.82, 2.24) is 9.88 Å². The van der Waals surface area contributed by atoms with Gasteiger partial charge in [-0.25, -0.2) is 0 Å². The molecule has 1 aromatic rings. The monoisotopic (exact) mass is 263 g/mol. The zero-order chi connectivity index (χ0) is 13.8. The van der Waals surface area contributed by atoms with Gasteiger partial charge in [0.05, 0.1) is 17.9 Å². The molecule has 1 aromatic heterocycles. The number of aliphatic hydroxyl groups excluding tert-OH is 1. The van der Waals surface area contributed by atoms with Crippen LogP contribution in [-0.2, 0) is 0 Å². The molecule has 1 heterocycles. The highest BCUT2D eigenvalue weighted by molar-refractivity contribution is 5.99. The van der Waals surface area contributed by atoms with E-state index < -0.39 is 0 Å². The Hall–Kier alpha value is -1.62. The summed E-state index contributed by atoms with van der Waals surface area (Å²) < 4.78 is 0. The molecule has 19 heavy (non-hydrogen) atoms. The van der Waals surface area contributed by atoms with E-state index in [2.05, 4.69) is 10.3 Å².